The highest BCUT2D eigenvalue weighted by Gasteiger charge is 2.19. The van der Waals surface area contributed by atoms with Crippen LogP contribution in [0.5, 0.6) is 0 Å². The van der Waals surface area contributed by atoms with Crippen LogP contribution in [0, 0.1) is 6.92 Å². The Labute approximate surface area is 146 Å². The van der Waals surface area contributed by atoms with Crippen molar-refractivity contribution in [1.82, 2.24) is 10.3 Å². The van der Waals surface area contributed by atoms with Crippen molar-refractivity contribution in [2.45, 2.75) is 13.0 Å². The third-order valence-corrected chi connectivity index (χ3v) is 4.12. The zero-order valence-corrected chi connectivity index (χ0v) is 14.0. The van der Waals surface area contributed by atoms with Gasteiger partial charge < -0.3 is 5.32 Å². The van der Waals surface area contributed by atoms with Crippen LogP contribution >= 0.6 is 11.6 Å². The molecule has 0 aliphatic carbocycles. The van der Waals surface area contributed by atoms with Gasteiger partial charge in [0.1, 0.15) is 5.15 Å². The summed E-state index contributed by atoms with van der Waals surface area (Å²) in [5, 5.41) is 3.26. The van der Waals surface area contributed by atoms with E-state index in [0.717, 1.165) is 11.1 Å². The van der Waals surface area contributed by atoms with Crippen LogP contribution in [0.3, 0.4) is 0 Å². The Morgan fingerprint density at radius 3 is 2.29 bits per heavy atom. The van der Waals surface area contributed by atoms with Gasteiger partial charge in [0.25, 0.3) is 5.91 Å². The number of aromatic nitrogens is 1. The van der Waals surface area contributed by atoms with Gasteiger partial charge in [-0.15, -0.1) is 0 Å². The monoisotopic (exact) mass is 336 g/mol. The molecule has 120 valence electrons. The number of nitrogens with one attached hydrogen (secondary N) is 1. The Kier molecular flexibility index (Phi) is 4.92. The van der Waals surface area contributed by atoms with Crippen molar-refractivity contribution < 1.29 is 4.79 Å². The first-order chi connectivity index (χ1) is 11.6. The van der Waals surface area contributed by atoms with Gasteiger partial charge in [0.2, 0.25) is 0 Å². The van der Waals surface area contributed by atoms with Gasteiger partial charge in [-0.3, -0.25) is 4.79 Å². The van der Waals surface area contributed by atoms with E-state index in [4.69, 9.17) is 11.6 Å². The maximum absolute atomic E-state index is 12.7. The van der Waals surface area contributed by atoms with E-state index < -0.39 is 0 Å². The summed E-state index contributed by atoms with van der Waals surface area (Å²) in [4.78, 5) is 16.6. The molecule has 0 aliphatic rings. The van der Waals surface area contributed by atoms with Gasteiger partial charge in [0, 0.05) is 6.20 Å². The Bertz CT molecular complexity index is 832. The second kappa shape index (κ2) is 7.28. The number of carbonyl (C=O) groups is 1. The zero-order valence-electron chi connectivity index (χ0n) is 13.2. The van der Waals surface area contributed by atoms with Crippen LogP contribution in [0.4, 0.5) is 0 Å². The molecular weight excluding hydrogens is 320 g/mol. The first-order valence-electron chi connectivity index (χ1n) is 7.68. The Balaban J connectivity index is 1.95. The van der Waals surface area contributed by atoms with E-state index in [9.17, 15) is 4.79 Å². The van der Waals surface area contributed by atoms with Crippen LogP contribution in [-0.2, 0) is 0 Å². The number of rotatable bonds is 4. The van der Waals surface area contributed by atoms with E-state index in [-0.39, 0.29) is 17.1 Å². The predicted octanol–water partition coefficient (Wildman–Crippen LogP) is 4.56. The SMILES string of the molecule is Cc1ccc(C(NC(=O)c2cccnc2Cl)c2ccccc2)cc1. The second-order valence-corrected chi connectivity index (χ2v) is 5.93. The van der Waals surface area contributed by atoms with Crippen molar-refractivity contribution in [2.24, 2.45) is 0 Å². The molecule has 1 amide bonds. The lowest BCUT2D eigenvalue weighted by molar-refractivity contribution is 0.0943. The summed E-state index contributed by atoms with van der Waals surface area (Å²) < 4.78 is 0. The minimum Gasteiger partial charge on any atom is -0.341 e. The molecule has 3 nitrogen and oxygen atoms in total. The maximum Gasteiger partial charge on any atom is 0.255 e. The first-order valence-corrected chi connectivity index (χ1v) is 8.06. The highest BCUT2D eigenvalue weighted by atomic mass is 35.5. The topological polar surface area (TPSA) is 42.0 Å². The summed E-state index contributed by atoms with van der Waals surface area (Å²) in [6.07, 6.45) is 1.56. The van der Waals surface area contributed by atoms with Gasteiger partial charge in [-0.25, -0.2) is 4.98 Å². The van der Waals surface area contributed by atoms with Crippen molar-refractivity contribution in [2.75, 3.05) is 0 Å². The summed E-state index contributed by atoms with van der Waals surface area (Å²) in [5.74, 6) is -0.248. The van der Waals surface area contributed by atoms with Gasteiger partial charge >= 0.3 is 0 Å². The van der Waals surface area contributed by atoms with Crippen LogP contribution in [-0.4, -0.2) is 10.9 Å². The summed E-state index contributed by atoms with van der Waals surface area (Å²) in [5.41, 5.74) is 3.56. The summed E-state index contributed by atoms with van der Waals surface area (Å²) in [7, 11) is 0. The van der Waals surface area contributed by atoms with Gasteiger partial charge in [-0.1, -0.05) is 71.8 Å². The van der Waals surface area contributed by atoms with Crippen molar-refractivity contribution in [3.8, 4) is 0 Å². The molecule has 1 heterocycles. The van der Waals surface area contributed by atoms with E-state index in [0.29, 0.717) is 5.56 Å². The molecule has 0 aliphatic heterocycles. The molecular formula is C20H17ClN2O. The minimum atomic E-state index is -0.254. The molecule has 0 radical (unpaired) electrons. The Hall–Kier alpha value is -2.65. The summed E-state index contributed by atoms with van der Waals surface area (Å²) >= 11 is 6.04. The van der Waals surface area contributed by atoms with Gasteiger partial charge in [0.05, 0.1) is 11.6 Å². The van der Waals surface area contributed by atoms with Crippen LogP contribution in [0.1, 0.15) is 33.1 Å². The van der Waals surface area contributed by atoms with Crippen LogP contribution in [0.25, 0.3) is 0 Å². The second-order valence-electron chi connectivity index (χ2n) is 5.57. The Morgan fingerprint density at radius 2 is 1.62 bits per heavy atom. The van der Waals surface area contributed by atoms with Crippen LogP contribution in [0.2, 0.25) is 5.15 Å². The largest absolute Gasteiger partial charge is 0.341 e. The highest BCUT2D eigenvalue weighted by molar-refractivity contribution is 6.32. The normalized spacial score (nSPS) is 11.8. The first kappa shape index (κ1) is 16.2. The fourth-order valence-electron chi connectivity index (χ4n) is 2.53. The predicted molar refractivity (Wildman–Crippen MR) is 96.2 cm³/mol. The molecule has 1 unspecified atom stereocenters. The van der Waals surface area contributed by atoms with E-state index in [1.807, 2.05) is 61.5 Å². The number of nitrogens with zero attached hydrogens (tertiary/aromatic N) is 1. The number of halogens is 1. The zero-order chi connectivity index (χ0) is 16.9. The number of amides is 1. The molecule has 3 rings (SSSR count). The number of benzene rings is 2. The maximum atomic E-state index is 12.7. The summed E-state index contributed by atoms with van der Waals surface area (Å²) in [6, 6.07) is 21.1. The lowest BCUT2D eigenvalue weighted by Crippen LogP contribution is -2.29. The van der Waals surface area contributed by atoms with Crippen molar-refractivity contribution >= 4 is 17.5 Å². The molecule has 0 saturated carbocycles. The van der Waals surface area contributed by atoms with Crippen molar-refractivity contribution in [1.29, 1.82) is 0 Å². The quantitative estimate of drug-likeness (QED) is 0.709. The smallest absolute Gasteiger partial charge is 0.255 e. The molecule has 1 aromatic heterocycles. The molecule has 0 fully saturated rings. The lowest BCUT2D eigenvalue weighted by Gasteiger charge is -2.20. The van der Waals surface area contributed by atoms with Crippen LogP contribution in [0.15, 0.2) is 72.9 Å². The van der Waals surface area contributed by atoms with Crippen LogP contribution < -0.4 is 5.32 Å². The number of pyridine rings is 1. The molecule has 0 saturated heterocycles. The fraction of sp³-hybridized carbons (Fsp3) is 0.100. The van der Waals surface area contributed by atoms with E-state index in [1.54, 1.807) is 18.3 Å². The van der Waals surface area contributed by atoms with Gasteiger partial charge in [-0.05, 0) is 30.2 Å². The molecule has 1 N–H and O–H groups in total. The van der Waals surface area contributed by atoms with Crippen molar-refractivity contribution in [3.05, 3.63) is 100 Å². The Morgan fingerprint density at radius 1 is 0.958 bits per heavy atom. The molecule has 0 bridgehead atoms. The van der Waals surface area contributed by atoms with Gasteiger partial charge in [-0.2, -0.15) is 0 Å². The third kappa shape index (κ3) is 3.63. The molecule has 3 aromatic rings. The summed E-state index contributed by atoms with van der Waals surface area (Å²) in [6.45, 7) is 2.04. The molecule has 0 spiro atoms. The van der Waals surface area contributed by atoms with Gasteiger partial charge in [0.15, 0.2) is 0 Å². The molecule has 1 atom stereocenters. The standard InChI is InChI=1S/C20H17ClN2O/c1-14-9-11-16(12-10-14)18(15-6-3-2-4-7-15)23-20(24)17-8-5-13-22-19(17)21/h2-13,18H,1H3,(H,23,24). The van der Waals surface area contributed by atoms with Crippen molar-refractivity contribution in [3.63, 3.8) is 0 Å². The average Bonchev–Trinajstić information content (AvgIpc) is 2.61. The van der Waals surface area contributed by atoms with E-state index in [2.05, 4.69) is 10.3 Å². The fourth-order valence-corrected chi connectivity index (χ4v) is 2.73. The third-order valence-electron chi connectivity index (χ3n) is 3.82. The molecule has 2 aromatic carbocycles. The lowest BCUT2D eigenvalue weighted by atomic mass is 9.97. The van der Waals surface area contributed by atoms with E-state index in [1.165, 1.54) is 5.56 Å². The number of hydrogen-bond donors (Lipinski definition) is 1. The van der Waals surface area contributed by atoms with E-state index >= 15 is 0 Å². The average molecular weight is 337 g/mol. The molecule has 24 heavy (non-hydrogen) atoms. The molecule has 4 heteroatoms. The number of hydrogen-bond acceptors (Lipinski definition) is 2. The highest BCUT2D eigenvalue weighted by Crippen LogP contribution is 2.23. The minimum absolute atomic E-state index is 0.200. The number of aryl methyl sites for hydroxylation is 1. The number of carbonyl (C=O) groups excluding carboxylic acids is 1.